The molecule has 148 valence electrons. The zero-order chi connectivity index (χ0) is 20.2. The fourth-order valence-electron chi connectivity index (χ4n) is 3.50. The lowest BCUT2D eigenvalue weighted by Crippen LogP contribution is -2.41. The molecule has 6 nitrogen and oxygen atoms in total. The van der Waals surface area contributed by atoms with Crippen molar-refractivity contribution in [1.82, 2.24) is 15.2 Å². The highest BCUT2D eigenvalue weighted by atomic mass is 35.5. The molecule has 1 atom stereocenters. The normalized spacial score (nSPS) is 16.5. The standard InChI is InChI=1S/C22H22ClN5O/c1-15-4-2-12-24-21(15)25-22(29)17-5-3-13-28(14-17)20-11-10-19(26-27-20)16-6-8-18(23)9-7-16/h2,4,6-12,17H,3,5,13-14H2,1H3,(H,24,25,29). The van der Waals surface area contributed by atoms with Gasteiger partial charge in [-0.1, -0.05) is 29.8 Å². The van der Waals surface area contributed by atoms with Crippen molar-refractivity contribution in [2.75, 3.05) is 23.3 Å². The monoisotopic (exact) mass is 407 g/mol. The van der Waals surface area contributed by atoms with Gasteiger partial charge in [-0.2, -0.15) is 0 Å². The van der Waals surface area contributed by atoms with Gasteiger partial charge in [0.05, 0.1) is 11.6 Å². The number of hydrogen-bond donors (Lipinski definition) is 1. The Labute approximate surface area is 174 Å². The Bertz CT molecular complexity index is 991. The summed E-state index contributed by atoms with van der Waals surface area (Å²) in [6.45, 7) is 3.42. The number of aromatic nitrogens is 3. The number of benzene rings is 1. The molecule has 1 aliphatic heterocycles. The zero-order valence-electron chi connectivity index (χ0n) is 16.2. The maximum Gasteiger partial charge on any atom is 0.230 e. The third-order valence-corrected chi connectivity index (χ3v) is 5.41. The van der Waals surface area contributed by atoms with E-state index in [1.54, 1.807) is 6.20 Å². The number of aryl methyl sites for hydroxylation is 1. The van der Waals surface area contributed by atoms with Crippen LogP contribution in [0.3, 0.4) is 0 Å². The first-order valence-electron chi connectivity index (χ1n) is 9.67. The predicted octanol–water partition coefficient (Wildman–Crippen LogP) is 4.36. The average Bonchev–Trinajstić information content (AvgIpc) is 2.76. The number of halogens is 1. The molecule has 3 aromatic rings. The molecule has 3 heterocycles. The van der Waals surface area contributed by atoms with Crippen LogP contribution in [0, 0.1) is 12.8 Å². The quantitative estimate of drug-likeness (QED) is 0.695. The average molecular weight is 408 g/mol. The van der Waals surface area contributed by atoms with Gasteiger partial charge >= 0.3 is 0 Å². The fourth-order valence-corrected chi connectivity index (χ4v) is 3.63. The molecule has 0 saturated carbocycles. The summed E-state index contributed by atoms with van der Waals surface area (Å²) in [4.78, 5) is 19.1. The molecule has 1 saturated heterocycles. The molecular weight excluding hydrogens is 386 g/mol. The van der Waals surface area contributed by atoms with Crippen LogP contribution in [0.25, 0.3) is 11.3 Å². The van der Waals surface area contributed by atoms with E-state index in [9.17, 15) is 4.79 Å². The van der Waals surface area contributed by atoms with Crippen LogP contribution in [-0.4, -0.2) is 34.2 Å². The molecular formula is C22H22ClN5O. The number of piperidine rings is 1. The first-order chi connectivity index (χ1) is 14.1. The molecule has 29 heavy (non-hydrogen) atoms. The molecule has 2 aromatic heterocycles. The Morgan fingerprint density at radius 3 is 2.69 bits per heavy atom. The van der Waals surface area contributed by atoms with Gasteiger partial charge in [0.15, 0.2) is 5.82 Å². The fraction of sp³-hybridized carbons (Fsp3) is 0.273. The van der Waals surface area contributed by atoms with Gasteiger partial charge in [0.2, 0.25) is 5.91 Å². The second kappa shape index (κ2) is 8.57. The lowest BCUT2D eigenvalue weighted by atomic mass is 9.97. The number of amides is 1. The summed E-state index contributed by atoms with van der Waals surface area (Å²) in [6, 6.07) is 15.2. The van der Waals surface area contributed by atoms with Crippen LogP contribution >= 0.6 is 11.6 Å². The van der Waals surface area contributed by atoms with E-state index in [-0.39, 0.29) is 11.8 Å². The summed E-state index contributed by atoms with van der Waals surface area (Å²) in [6.07, 6.45) is 3.47. The second-order valence-electron chi connectivity index (χ2n) is 7.23. The van der Waals surface area contributed by atoms with E-state index in [1.807, 2.05) is 55.5 Å². The number of carbonyl (C=O) groups excluding carboxylic acids is 1. The molecule has 0 bridgehead atoms. The van der Waals surface area contributed by atoms with Crippen LogP contribution in [0.5, 0.6) is 0 Å². The van der Waals surface area contributed by atoms with Crippen molar-refractivity contribution in [2.24, 2.45) is 5.92 Å². The van der Waals surface area contributed by atoms with Crippen LogP contribution in [0.4, 0.5) is 11.6 Å². The van der Waals surface area contributed by atoms with Gasteiger partial charge in [-0.25, -0.2) is 4.98 Å². The summed E-state index contributed by atoms with van der Waals surface area (Å²) in [5, 5.41) is 12.4. The molecule has 1 unspecified atom stereocenters. The van der Waals surface area contributed by atoms with Crippen LogP contribution < -0.4 is 10.2 Å². The Morgan fingerprint density at radius 1 is 1.14 bits per heavy atom. The summed E-state index contributed by atoms with van der Waals surface area (Å²) < 4.78 is 0. The number of carbonyl (C=O) groups is 1. The minimum absolute atomic E-state index is 0.00208. The van der Waals surface area contributed by atoms with Gasteiger partial charge in [0.25, 0.3) is 0 Å². The smallest absolute Gasteiger partial charge is 0.230 e. The van der Waals surface area contributed by atoms with Crippen LogP contribution in [0.1, 0.15) is 18.4 Å². The minimum atomic E-state index is -0.108. The lowest BCUT2D eigenvalue weighted by molar-refractivity contribution is -0.120. The molecule has 0 radical (unpaired) electrons. The highest BCUT2D eigenvalue weighted by Crippen LogP contribution is 2.25. The van der Waals surface area contributed by atoms with Gasteiger partial charge in [-0.3, -0.25) is 4.79 Å². The molecule has 1 aliphatic rings. The maximum absolute atomic E-state index is 12.7. The molecule has 4 rings (SSSR count). The summed E-state index contributed by atoms with van der Waals surface area (Å²) in [5.41, 5.74) is 2.72. The largest absolute Gasteiger partial charge is 0.354 e. The van der Waals surface area contributed by atoms with E-state index in [0.717, 1.165) is 42.0 Å². The topological polar surface area (TPSA) is 71.0 Å². The number of anilines is 2. The highest BCUT2D eigenvalue weighted by Gasteiger charge is 2.27. The van der Waals surface area contributed by atoms with E-state index in [2.05, 4.69) is 25.4 Å². The Hall–Kier alpha value is -2.99. The first-order valence-corrected chi connectivity index (χ1v) is 10.0. The summed E-state index contributed by atoms with van der Waals surface area (Å²) >= 11 is 5.95. The predicted molar refractivity (Wildman–Crippen MR) is 115 cm³/mol. The number of nitrogens with zero attached hydrogens (tertiary/aromatic N) is 4. The van der Waals surface area contributed by atoms with Crippen LogP contribution in [0.2, 0.25) is 5.02 Å². The van der Waals surface area contributed by atoms with Crippen molar-refractivity contribution in [3.8, 4) is 11.3 Å². The lowest BCUT2D eigenvalue weighted by Gasteiger charge is -2.32. The Kier molecular flexibility index (Phi) is 5.71. The van der Waals surface area contributed by atoms with E-state index < -0.39 is 0 Å². The van der Waals surface area contributed by atoms with E-state index >= 15 is 0 Å². The van der Waals surface area contributed by atoms with Crippen molar-refractivity contribution in [3.05, 3.63) is 65.3 Å². The van der Waals surface area contributed by atoms with Crippen molar-refractivity contribution in [1.29, 1.82) is 0 Å². The van der Waals surface area contributed by atoms with Gasteiger partial charge < -0.3 is 10.2 Å². The van der Waals surface area contributed by atoms with Gasteiger partial charge in [0.1, 0.15) is 5.82 Å². The summed E-state index contributed by atoms with van der Waals surface area (Å²) in [5.74, 6) is 1.31. The van der Waals surface area contributed by atoms with Crippen molar-refractivity contribution >= 4 is 29.1 Å². The molecule has 1 aromatic carbocycles. The molecule has 1 N–H and O–H groups in total. The first kappa shape index (κ1) is 19.3. The Balaban J connectivity index is 1.43. The number of hydrogen-bond acceptors (Lipinski definition) is 5. The minimum Gasteiger partial charge on any atom is -0.354 e. The summed E-state index contributed by atoms with van der Waals surface area (Å²) in [7, 11) is 0. The van der Waals surface area contributed by atoms with Crippen LogP contribution in [-0.2, 0) is 4.79 Å². The zero-order valence-corrected chi connectivity index (χ0v) is 16.9. The molecule has 1 fully saturated rings. The van der Waals surface area contributed by atoms with Gasteiger partial charge in [-0.15, -0.1) is 10.2 Å². The number of nitrogens with one attached hydrogen (secondary N) is 1. The van der Waals surface area contributed by atoms with E-state index in [1.165, 1.54) is 0 Å². The SMILES string of the molecule is Cc1cccnc1NC(=O)C1CCCN(c2ccc(-c3ccc(Cl)cc3)nn2)C1. The van der Waals surface area contributed by atoms with E-state index in [4.69, 9.17) is 11.6 Å². The van der Waals surface area contributed by atoms with Crippen molar-refractivity contribution in [2.45, 2.75) is 19.8 Å². The third-order valence-electron chi connectivity index (χ3n) is 5.16. The molecule has 0 spiro atoms. The Morgan fingerprint density at radius 2 is 1.97 bits per heavy atom. The number of rotatable bonds is 4. The van der Waals surface area contributed by atoms with Gasteiger partial charge in [-0.05, 0) is 55.7 Å². The number of pyridine rings is 1. The second-order valence-corrected chi connectivity index (χ2v) is 7.66. The van der Waals surface area contributed by atoms with Crippen molar-refractivity contribution in [3.63, 3.8) is 0 Å². The van der Waals surface area contributed by atoms with Crippen LogP contribution in [0.15, 0.2) is 54.7 Å². The van der Waals surface area contributed by atoms with Gasteiger partial charge in [0, 0.05) is 29.9 Å². The highest BCUT2D eigenvalue weighted by molar-refractivity contribution is 6.30. The molecule has 7 heteroatoms. The third kappa shape index (κ3) is 4.54. The molecule has 0 aliphatic carbocycles. The van der Waals surface area contributed by atoms with Crippen molar-refractivity contribution < 1.29 is 4.79 Å². The maximum atomic E-state index is 12.7. The van der Waals surface area contributed by atoms with E-state index in [0.29, 0.717) is 17.4 Å². The molecule has 1 amide bonds.